The highest BCUT2D eigenvalue weighted by Crippen LogP contribution is 2.23. The van der Waals surface area contributed by atoms with E-state index in [1.165, 1.54) is 6.07 Å². The van der Waals surface area contributed by atoms with Crippen molar-refractivity contribution in [3.63, 3.8) is 0 Å². The van der Waals surface area contributed by atoms with Gasteiger partial charge in [0.25, 0.3) is 0 Å². The quantitative estimate of drug-likeness (QED) is 0.850. The highest BCUT2D eigenvalue weighted by Gasteiger charge is 2.24. The van der Waals surface area contributed by atoms with Crippen LogP contribution in [0.4, 0.5) is 5.69 Å². The molecule has 19 heavy (non-hydrogen) atoms. The second-order valence-electron chi connectivity index (χ2n) is 4.52. The largest absolute Gasteiger partial charge is 0.381 e. The van der Waals surface area contributed by atoms with Gasteiger partial charge in [0, 0.05) is 12.3 Å². The Bertz CT molecular complexity index is 592. The number of benzene rings is 1. The Morgan fingerprint density at radius 3 is 2.79 bits per heavy atom. The number of nitrogens with one attached hydrogen (secondary N) is 1. The predicted molar refractivity (Wildman–Crippen MR) is 70.1 cm³/mol. The Morgan fingerprint density at radius 2 is 2.21 bits per heavy atom. The molecule has 0 aliphatic carbocycles. The average Bonchev–Trinajstić information content (AvgIpc) is 2.83. The second-order valence-corrected chi connectivity index (χ2v) is 6.05. The third-order valence-electron chi connectivity index (χ3n) is 3.15. The van der Waals surface area contributed by atoms with E-state index in [4.69, 9.17) is 9.88 Å². The van der Waals surface area contributed by atoms with Crippen LogP contribution in [0.2, 0.25) is 0 Å². The molecule has 7 heteroatoms. The minimum Gasteiger partial charge on any atom is -0.381 e. The van der Waals surface area contributed by atoms with Crippen LogP contribution in [-0.2, 0) is 19.6 Å². The number of primary sulfonamides is 1. The van der Waals surface area contributed by atoms with Crippen LogP contribution in [0.5, 0.6) is 0 Å². The zero-order valence-corrected chi connectivity index (χ0v) is 11.4. The Hall–Kier alpha value is -1.44. The monoisotopic (exact) mass is 284 g/mol. The van der Waals surface area contributed by atoms with Crippen LogP contribution < -0.4 is 10.5 Å². The SMILES string of the molecule is Cc1c(NC(=O)C2CCOC2)cccc1S(N)(=O)=O. The third kappa shape index (κ3) is 3.12. The van der Waals surface area contributed by atoms with Gasteiger partial charge in [-0.2, -0.15) is 0 Å². The summed E-state index contributed by atoms with van der Waals surface area (Å²) in [4.78, 5) is 12.0. The molecule has 1 fully saturated rings. The number of nitrogens with two attached hydrogens (primary N) is 1. The topological polar surface area (TPSA) is 98.5 Å². The molecule has 1 aromatic rings. The minimum atomic E-state index is -3.79. The number of ether oxygens (including phenoxy) is 1. The molecule has 3 N–H and O–H groups in total. The van der Waals surface area contributed by atoms with Gasteiger partial charge in [-0.15, -0.1) is 0 Å². The number of hydrogen-bond acceptors (Lipinski definition) is 4. The average molecular weight is 284 g/mol. The van der Waals surface area contributed by atoms with E-state index in [1.54, 1.807) is 19.1 Å². The maximum absolute atomic E-state index is 12.0. The highest BCUT2D eigenvalue weighted by atomic mass is 32.2. The summed E-state index contributed by atoms with van der Waals surface area (Å²) >= 11 is 0. The summed E-state index contributed by atoms with van der Waals surface area (Å²) in [5.74, 6) is -0.343. The molecule has 0 bridgehead atoms. The van der Waals surface area contributed by atoms with Gasteiger partial charge < -0.3 is 10.1 Å². The van der Waals surface area contributed by atoms with E-state index in [1.807, 2.05) is 0 Å². The lowest BCUT2D eigenvalue weighted by Crippen LogP contribution is -2.24. The van der Waals surface area contributed by atoms with E-state index in [-0.39, 0.29) is 16.7 Å². The molecule has 104 valence electrons. The van der Waals surface area contributed by atoms with Gasteiger partial charge in [-0.1, -0.05) is 6.07 Å². The molecule has 6 nitrogen and oxygen atoms in total. The number of rotatable bonds is 3. The van der Waals surface area contributed by atoms with Gasteiger partial charge >= 0.3 is 0 Å². The molecule has 0 radical (unpaired) electrons. The normalized spacial score (nSPS) is 19.4. The molecule has 0 saturated carbocycles. The summed E-state index contributed by atoms with van der Waals surface area (Å²) in [6.45, 7) is 2.59. The number of carbonyl (C=O) groups is 1. The van der Waals surface area contributed by atoms with Gasteiger partial charge in [0.15, 0.2) is 0 Å². The van der Waals surface area contributed by atoms with E-state index in [0.29, 0.717) is 30.9 Å². The lowest BCUT2D eigenvalue weighted by atomic mass is 10.1. The smallest absolute Gasteiger partial charge is 0.238 e. The third-order valence-corrected chi connectivity index (χ3v) is 4.20. The maximum atomic E-state index is 12.0. The Balaban J connectivity index is 2.24. The fourth-order valence-electron chi connectivity index (χ4n) is 2.03. The number of hydrogen-bond donors (Lipinski definition) is 2. The van der Waals surface area contributed by atoms with Gasteiger partial charge in [0.1, 0.15) is 0 Å². The van der Waals surface area contributed by atoms with E-state index in [0.717, 1.165) is 0 Å². The summed E-state index contributed by atoms with van der Waals surface area (Å²) < 4.78 is 27.9. The zero-order chi connectivity index (χ0) is 14.0. The molecule has 2 rings (SSSR count). The Morgan fingerprint density at radius 1 is 1.47 bits per heavy atom. The lowest BCUT2D eigenvalue weighted by Gasteiger charge is -2.13. The molecule has 0 aromatic heterocycles. The van der Waals surface area contributed by atoms with Crippen LogP contribution in [0.1, 0.15) is 12.0 Å². The van der Waals surface area contributed by atoms with Crippen LogP contribution in [0.3, 0.4) is 0 Å². The molecule has 1 amide bonds. The Kier molecular flexibility index (Phi) is 3.88. The van der Waals surface area contributed by atoms with Gasteiger partial charge in [0.2, 0.25) is 15.9 Å². The molecule has 1 atom stereocenters. The summed E-state index contributed by atoms with van der Waals surface area (Å²) in [5.41, 5.74) is 0.903. The predicted octanol–water partition coefficient (Wildman–Crippen LogP) is 0.617. The zero-order valence-electron chi connectivity index (χ0n) is 10.5. The molecule has 1 aliphatic rings. The molecule has 1 heterocycles. The lowest BCUT2D eigenvalue weighted by molar-refractivity contribution is -0.119. The van der Waals surface area contributed by atoms with Crippen molar-refractivity contribution >= 4 is 21.6 Å². The molecule has 1 saturated heterocycles. The fourth-order valence-corrected chi connectivity index (χ4v) is 2.84. The first-order valence-electron chi connectivity index (χ1n) is 5.90. The van der Waals surface area contributed by atoms with Crippen LogP contribution in [0.15, 0.2) is 23.1 Å². The summed E-state index contributed by atoms with van der Waals surface area (Å²) in [7, 11) is -3.79. The van der Waals surface area contributed by atoms with Crippen LogP contribution in [0, 0.1) is 12.8 Å². The van der Waals surface area contributed by atoms with Crippen LogP contribution in [-0.4, -0.2) is 27.5 Å². The molecular weight excluding hydrogens is 268 g/mol. The van der Waals surface area contributed by atoms with E-state index in [2.05, 4.69) is 5.32 Å². The molecule has 0 spiro atoms. The first-order chi connectivity index (χ1) is 8.89. The van der Waals surface area contributed by atoms with Crippen molar-refractivity contribution in [1.82, 2.24) is 0 Å². The van der Waals surface area contributed by atoms with Crippen molar-refractivity contribution in [2.45, 2.75) is 18.2 Å². The van der Waals surface area contributed by atoms with E-state index < -0.39 is 10.0 Å². The molecule has 1 aromatic carbocycles. The van der Waals surface area contributed by atoms with Gasteiger partial charge in [-0.25, -0.2) is 13.6 Å². The van der Waals surface area contributed by atoms with Crippen molar-refractivity contribution in [1.29, 1.82) is 0 Å². The molecular formula is C12H16N2O4S. The summed E-state index contributed by atoms with van der Waals surface area (Å²) in [6.07, 6.45) is 0.680. The second kappa shape index (κ2) is 5.28. The standard InChI is InChI=1S/C12H16N2O4S/c1-8-10(3-2-4-11(8)19(13,16)17)14-12(15)9-5-6-18-7-9/h2-4,9H,5-7H2,1H3,(H,14,15)(H2,13,16,17). The van der Waals surface area contributed by atoms with Crippen LogP contribution >= 0.6 is 0 Å². The number of carbonyl (C=O) groups excluding carboxylic acids is 1. The maximum Gasteiger partial charge on any atom is 0.238 e. The molecule has 1 unspecified atom stereocenters. The molecule has 1 aliphatic heterocycles. The van der Waals surface area contributed by atoms with Crippen LogP contribution in [0.25, 0.3) is 0 Å². The van der Waals surface area contributed by atoms with Gasteiger partial charge in [-0.05, 0) is 31.0 Å². The summed E-state index contributed by atoms with van der Waals surface area (Å²) in [6, 6.07) is 4.62. The number of anilines is 1. The number of amides is 1. The first-order valence-corrected chi connectivity index (χ1v) is 7.45. The van der Waals surface area contributed by atoms with Crippen molar-refractivity contribution < 1.29 is 17.9 Å². The number of sulfonamides is 1. The van der Waals surface area contributed by atoms with E-state index in [9.17, 15) is 13.2 Å². The van der Waals surface area contributed by atoms with Gasteiger partial charge in [0.05, 0.1) is 17.4 Å². The fraction of sp³-hybridized carbons (Fsp3) is 0.417. The van der Waals surface area contributed by atoms with Crippen molar-refractivity contribution in [2.24, 2.45) is 11.1 Å². The van der Waals surface area contributed by atoms with E-state index >= 15 is 0 Å². The van der Waals surface area contributed by atoms with Gasteiger partial charge in [-0.3, -0.25) is 4.79 Å². The van der Waals surface area contributed by atoms with Crippen molar-refractivity contribution in [3.05, 3.63) is 23.8 Å². The Labute approximate surface area is 112 Å². The first kappa shape index (κ1) is 14.0. The highest BCUT2D eigenvalue weighted by molar-refractivity contribution is 7.89. The van der Waals surface area contributed by atoms with Crippen molar-refractivity contribution in [2.75, 3.05) is 18.5 Å². The summed E-state index contributed by atoms with van der Waals surface area (Å²) in [5, 5.41) is 7.84. The minimum absolute atomic E-state index is 0.0213. The van der Waals surface area contributed by atoms with Crippen molar-refractivity contribution in [3.8, 4) is 0 Å².